The highest BCUT2D eigenvalue weighted by atomic mass is 16.5. The highest BCUT2D eigenvalue weighted by Crippen LogP contribution is 2.66. The molecule has 30 heavy (non-hydrogen) atoms. The summed E-state index contributed by atoms with van der Waals surface area (Å²) in [7, 11) is 3.71. The molecule has 3 fully saturated rings. The summed E-state index contributed by atoms with van der Waals surface area (Å²) in [5.74, 6) is 4.01. The number of nitrogens with zero attached hydrogens (tertiary/aromatic N) is 2. The lowest BCUT2D eigenvalue weighted by atomic mass is 9.46. The third-order valence-electron chi connectivity index (χ3n) is 9.74. The van der Waals surface area contributed by atoms with Gasteiger partial charge in [-0.15, -0.1) is 0 Å². The van der Waals surface area contributed by atoms with Crippen LogP contribution in [0.3, 0.4) is 0 Å². The molecule has 0 N–H and O–H groups in total. The molecular weight excluding hydrogens is 372 g/mol. The second-order valence-electron chi connectivity index (χ2n) is 10.8. The molecule has 0 unspecified atom stereocenters. The monoisotopic (exact) mass is 408 g/mol. The van der Waals surface area contributed by atoms with Gasteiger partial charge in [0.2, 0.25) is 5.91 Å². The van der Waals surface area contributed by atoms with Crippen LogP contribution in [0.15, 0.2) is 24.5 Å². The normalized spacial score (nSPS) is 40.7. The number of aromatic nitrogens is 1. The van der Waals surface area contributed by atoms with Crippen LogP contribution in [0.1, 0.15) is 64.4 Å². The zero-order valence-corrected chi connectivity index (χ0v) is 19.0. The standard InChI is InChI=1S/C26H36N2O2/c1-25-11-12-28(3)24(29)14-18(25)5-6-20-22-8-7-21(26(22,2)10-9-23(20)25)17-13-19(30-4)16-27-15-17/h7,13,15-16,18,20,22-23H,5-6,8-12,14H2,1-4H3/t18-,20-,22-,23-,25-,26+/m0/s1. The van der Waals surface area contributed by atoms with Crippen molar-refractivity contribution >= 4 is 11.5 Å². The second-order valence-corrected chi connectivity index (χ2v) is 10.8. The maximum Gasteiger partial charge on any atom is 0.222 e. The summed E-state index contributed by atoms with van der Waals surface area (Å²) in [6, 6.07) is 2.16. The molecule has 0 bridgehead atoms. The van der Waals surface area contributed by atoms with E-state index in [1.165, 1.54) is 49.7 Å². The smallest absolute Gasteiger partial charge is 0.222 e. The number of fused-ring (bicyclic) bond motifs is 5. The molecule has 1 aromatic heterocycles. The van der Waals surface area contributed by atoms with Crippen LogP contribution in [0, 0.1) is 34.5 Å². The molecule has 1 amide bonds. The minimum atomic E-state index is 0.232. The maximum absolute atomic E-state index is 12.6. The van der Waals surface area contributed by atoms with Crippen LogP contribution in [0.5, 0.6) is 5.75 Å². The summed E-state index contributed by atoms with van der Waals surface area (Å²) in [6.07, 6.45) is 14.5. The van der Waals surface area contributed by atoms with Crippen molar-refractivity contribution in [3.8, 4) is 5.75 Å². The molecule has 0 aromatic carbocycles. The third-order valence-corrected chi connectivity index (χ3v) is 9.74. The molecule has 1 aromatic rings. The number of allylic oxidation sites excluding steroid dienone is 2. The first kappa shape index (κ1) is 20.1. The lowest BCUT2D eigenvalue weighted by Crippen LogP contribution is -2.51. The van der Waals surface area contributed by atoms with Gasteiger partial charge in [-0.2, -0.15) is 0 Å². The minimum absolute atomic E-state index is 0.232. The zero-order valence-electron chi connectivity index (χ0n) is 19.0. The Morgan fingerprint density at radius 2 is 1.97 bits per heavy atom. The van der Waals surface area contributed by atoms with Crippen LogP contribution < -0.4 is 4.74 Å². The average Bonchev–Trinajstić information content (AvgIpc) is 3.05. The molecule has 4 heteroatoms. The van der Waals surface area contributed by atoms with Crippen LogP contribution in [-0.4, -0.2) is 36.5 Å². The number of methoxy groups -OCH3 is 1. The van der Waals surface area contributed by atoms with E-state index in [-0.39, 0.29) is 5.41 Å². The summed E-state index contributed by atoms with van der Waals surface area (Å²) < 4.78 is 5.45. The molecule has 1 aliphatic heterocycles. The Kier molecular flexibility index (Phi) is 4.75. The van der Waals surface area contributed by atoms with Gasteiger partial charge in [0.15, 0.2) is 0 Å². The molecule has 0 spiro atoms. The molecule has 1 saturated heterocycles. The van der Waals surface area contributed by atoms with E-state index in [2.05, 4.69) is 31.0 Å². The number of hydrogen-bond donors (Lipinski definition) is 0. The topological polar surface area (TPSA) is 42.4 Å². The van der Waals surface area contributed by atoms with Crippen molar-refractivity contribution in [1.29, 1.82) is 0 Å². The van der Waals surface area contributed by atoms with Crippen LogP contribution in [0.25, 0.3) is 5.57 Å². The first-order valence-electron chi connectivity index (χ1n) is 11.8. The number of amides is 1. The highest BCUT2D eigenvalue weighted by molar-refractivity contribution is 5.76. The van der Waals surface area contributed by atoms with Gasteiger partial charge in [-0.25, -0.2) is 0 Å². The molecule has 4 aliphatic rings. The lowest BCUT2D eigenvalue weighted by Gasteiger charge is -2.58. The molecule has 2 heterocycles. The Labute approximate surface area is 181 Å². The fourth-order valence-corrected chi connectivity index (χ4v) is 7.85. The van der Waals surface area contributed by atoms with Crippen LogP contribution in [0.2, 0.25) is 0 Å². The van der Waals surface area contributed by atoms with Gasteiger partial charge >= 0.3 is 0 Å². The molecule has 5 rings (SSSR count). The number of hydrogen-bond acceptors (Lipinski definition) is 3. The summed E-state index contributed by atoms with van der Waals surface area (Å²) in [6.45, 7) is 5.96. The number of likely N-dealkylation sites (tertiary alicyclic amines) is 1. The Morgan fingerprint density at radius 3 is 2.77 bits per heavy atom. The van der Waals surface area contributed by atoms with Crippen molar-refractivity contribution in [1.82, 2.24) is 9.88 Å². The Morgan fingerprint density at radius 1 is 1.13 bits per heavy atom. The van der Waals surface area contributed by atoms with E-state index in [4.69, 9.17) is 4.74 Å². The van der Waals surface area contributed by atoms with E-state index < -0.39 is 0 Å². The largest absolute Gasteiger partial charge is 0.495 e. The summed E-state index contributed by atoms with van der Waals surface area (Å²) >= 11 is 0. The van der Waals surface area contributed by atoms with E-state index in [1.807, 2.05) is 18.1 Å². The molecular formula is C26H36N2O2. The summed E-state index contributed by atoms with van der Waals surface area (Å²) in [5.41, 5.74) is 3.26. The first-order valence-corrected chi connectivity index (χ1v) is 11.8. The van der Waals surface area contributed by atoms with E-state index >= 15 is 0 Å². The molecule has 162 valence electrons. The van der Waals surface area contributed by atoms with Crippen molar-refractivity contribution < 1.29 is 9.53 Å². The van der Waals surface area contributed by atoms with Gasteiger partial charge < -0.3 is 9.64 Å². The fourth-order valence-electron chi connectivity index (χ4n) is 7.85. The molecule has 6 atom stereocenters. The number of ether oxygens (including phenoxy) is 1. The number of rotatable bonds is 2. The first-order chi connectivity index (χ1) is 14.4. The van der Waals surface area contributed by atoms with Gasteiger partial charge in [0, 0.05) is 26.2 Å². The van der Waals surface area contributed by atoms with E-state index in [0.29, 0.717) is 23.2 Å². The minimum Gasteiger partial charge on any atom is -0.495 e. The van der Waals surface area contributed by atoms with Crippen LogP contribution in [0.4, 0.5) is 0 Å². The Balaban J connectivity index is 1.43. The van der Waals surface area contributed by atoms with Gasteiger partial charge in [0.1, 0.15) is 5.75 Å². The van der Waals surface area contributed by atoms with Gasteiger partial charge in [0.25, 0.3) is 0 Å². The molecule has 3 aliphatic carbocycles. The zero-order chi connectivity index (χ0) is 21.1. The fraction of sp³-hybridized carbons (Fsp3) is 0.692. The van der Waals surface area contributed by atoms with Crippen molar-refractivity contribution in [2.45, 2.75) is 58.8 Å². The van der Waals surface area contributed by atoms with Gasteiger partial charge in [-0.1, -0.05) is 19.9 Å². The van der Waals surface area contributed by atoms with Crippen molar-refractivity contribution in [2.24, 2.45) is 34.5 Å². The van der Waals surface area contributed by atoms with E-state index in [1.54, 1.807) is 13.3 Å². The van der Waals surface area contributed by atoms with Crippen molar-refractivity contribution in [3.05, 3.63) is 30.1 Å². The summed E-state index contributed by atoms with van der Waals surface area (Å²) in [4.78, 5) is 19.0. The van der Waals surface area contributed by atoms with Gasteiger partial charge in [-0.3, -0.25) is 9.78 Å². The number of pyridine rings is 1. The average molecular weight is 409 g/mol. The molecule has 4 nitrogen and oxygen atoms in total. The van der Waals surface area contributed by atoms with Crippen LogP contribution >= 0.6 is 0 Å². The summed E-state index contributed by atoms with van der Waals surface area (Å²) in [5, 5.41) is 0. The molecule has 0 radical (unpaired) electrons. The number of carbonyl (C=O) groups excluding carboxylic acids is 1. The SMILES string of the molecule is COc1cncc(C2=CC[C@H]3[C@@H]4CC[C@H]5CC(=O)N(C)CC[C@]5(C)[C@H]4CC[C@]23C)c1. The van der Waals surface area contributed by atoms with Crippen molar-refractivity contribution in [2.75, 3.05) is 20.7 Å². The third kappa shape index (κ3) is 2.85. The van der Waals surface area contributed by atoms with Gasteiger partial charge in [-0.05, 0) is 90.2 Å². The van der Waals surface area contributed by atoms with E-state index in [0.717, 1.165) is 30.6 Å². The predicted molar refractivity (Wildman–Crippen MR) is 119 cm³/mol. The second kappa shape index (κ2) is 7.10. The highest BCUT2D eigenvalue weighted by Gasteiger charge is 2.58. The Bertz CT molecular complexity index is 880. The Hall–Kier alpha value is -1.84. The molecule has 2 saturated carbocycles. The quantitative estimate of drug-likeness (QED) is 0.676. The number of carbonyl (C=O) groups is 1. The van der Waals surface area contributed by atoms with Gasteiger partial charge in [0.05, 0.1) is 13.3 Å². The maximum atomic E-state index is 12.6. The predicted octanol–water partition coefficient (Wildman–Crippen LogP) is 5.19. The lowest BCUT2D eigenvalue weighted by molar-refractivity contribution is -0.131. The van der Waals surface area contributed by atoms with E-state index in [9.17, 15) is 4.79 Å². The van der Waals surface area contributed by atoms with Crippen molar-refractivity contribution in [3.63, 3.8) is 0 Å². The van der Waals surface area contributed by atoms with Crippen LogP contribution in [-0.2, 0) is 4.79 Å².